The molecule has 1 atom stereocenters. The van der Waals surface area contributed by atoms with Gasteiger partial charge in [-0.2, -0.15) is 0 Å². The fraction of sp³-hybridized carbons (Fsp3) is 0.500. The molecule has 1 aliphatic heterocycles. The van der Waals surface area contributed by atoms with Crippen LogP contribution in [0.2, 0.25) is 0 Å². The molecule has 140 valence electrons. The lowest BCUT2D eigenvalue weighted by atomic mass is 9.81. The van der Waals surface area contributed by atoms with Gasteiger partial charge in [0.15, 0.2) is 0 Å². The number of ether oxygens (including phenoxy) is 2. The number of hydrogen-bond donors (Lipinski definition) is 0. The molecule has 0 N–H and O–H groups in total. The largest absolute Gasteiger partial charge is 0.490 e. The van der Waals surface area contributed by atoms with Crippen molar-refractivity contribution in [3.05, 3.63) is 50.1 Å². The van der Waals surface area contributed by atoms with Crippen molar-refractivity contribution in [2.24, 2.45) is 0 Å². The van der Waals surface area contributed by atoms with Gasteiger partial charge in [0.1, 0.15) is 18.5 Å². The average Bonchev–Trinajstić information content (AvgIpc) is 3.44. The van der Waals surface area contributed by atoms with Crippen molar-refractivity contribution >= 4 is 0 Å². The number of hydrogen-bond acceptors (Lipinski definition) is 2. The highest BCUT2D eigenvalue weighted by atomic mass is 16.6. The van der Waals surface area contributed by atoms with Crippen molar-refractivity contribution < 1.29 is 9.47 Å². The van der Waals surface area contributed by atoms with Crippen molar-refractivity contribution in [2.75, 3.05) is 13.2 Å². The summed E-state index contributed by atoms with van der Waals surface area (Å²) in [7, 11) is 0. The first-order valence-corrected chi connectivity index (χ1v) is 9.58. The zero-order chi connectivity index (χ0) is 19.3. The van der Waals surface area contributed by atoms with Crippen LogP contribution in [0.25, 0.3) is 11.1 Å². The summed E-state index contributed by atoms with van der Waals surface area (Å²) in [6, 6.07) is 0. The molecule has 3 rings (SSSR count). The molecule has 0 aromatic heterocycles. The molecule has 0 saturated carbocycles. The SMILES string of the molecule is Cc1c(C)c(C)c(-c2c(C)c(C)c(OCC3CO3)c(C)c2C)c(C)c1C. The van der Waals surface area contributed by atoms with Crippen LogP contribution in [-0.2, 0) is 4.74 Å². The van der Waals surface area contributed by atoms with Gasteiger partial charge < -0.3 is 9.47 Å². The second kappa shape index (κ2) is 6.74. The zero-order valence-electron chi connectivity index (χ0n) is 17.8. The minimum absolute atomic E-state index is 0.279. The van der Waals surface area contributed by atoms with Gasteiger partial charge in [-0.15, -0.1) is 0 Å². The van der Waals surface area contributed by atoms with Crippen molar-refractivity contribution in [3.63, 3.8) is 0 Å². The highest BCUT2D eigenvalue weighted by Gasteiger charge is 2.26. The summed E-state index contributed by atoms with van der Waals surface area (Å²) in [5.41, 5.74) is 15.0. The molecule has 2 heteroatoms. The minimum Gasteiger partial charge on any atom is -0.490 e. The molecule has 1 saturated heterocycles. The first kappa shape index (κ1) is 19.0. The Kier molecular flexibility index (Phi) is 4.92. The Hall–Kier alpha value is -1.80. The monoisotopic (exact) mass is 352 g/mol. The van der Waals surface area contributed by atoms with E-state index >= 15 is 0 Å². The Balaban J connectivity index is 2.24. The number of benzene rings is 2. The molecule has 1 heterocycles. The maximum atomic E-state index is 6.15. The topological polar surface area (TPSA) is 21.8 Å². The molecular weight excluding hydrogens is 320 g/mol. The number of rotatable bonds is 4. The van der Waals surface area contributed by atoms with E-state index in [1.807, 2.05) is 0 Å². The lowest BCUT2D eigenvalue weighted by Gasteiger charge is -2.25. The second-order valence-electron chi connectivity index (χ2n) is 7.97. The van der Waals surface area contributed by atoms with E-state index in [4.69, 9.17) is 9.47 Å². The second-order valence-corrected chi connectivity index (χ2v) is 7.97. The Labute approximate surface area is 158 Å². The molecule has 1 fully saturated rings. The van der Waals surface area contributed by atoms with E-state index < -0.39 is 0 Å². The van der Waals surface area contributed by atoms with Gasteiger partial charge in [0.05, 0.1) is 6.61 Å². The zero-order valence-corrected chi connectivity index (χ0v) is 17.8. The van der Waals surface area contributed by atoms with Crippen molar-refractivity contribution in [1.29, 1.82) is 0 Å². The molecular formula is C24H32O2. The molecule has 0 aliphatic carbocycles. The first-order chi connectivity index (χ1) is 12.2. The van der Waals surface area contributed by atoms with Crippen LogP contribution in [-0.4, -0.2) is 19.3 Å². The van der Waals surface area contributed by atoms with Gasteiger partial charge in [-0.05, 0) is 124 Å². The van der Waals surface area contributed by atoms with E-state index in [1.165, 1.54) is 61.2 Å². The molecule has 2 aromatic carbocycles. The molecule has 0 spiro atoms. The molecule has 0 amide bonds. The predicted octanol–water partition coefficient (Wildman–Crippen LogP) is 5.91. The van der Waals surface area contributed by atoms with Crippen molar-refractivity contribution in [2.45, 2.75) is 68.4 Å². The fourth-order valence-corrected chi connectivity index (χ4v) is 4.09. The summed E-state index contributed by atoms with van der Waals surface area (Å²) < 4.78 is 11.5. The predicted molar refractivity (Wildman–Crippen MR) is 110 cm³/mol. The van der Waals surface area contributed by atoms with E-state index in [9.17, 15) is 0 Å². The quantitative estimate of drug-likeness (QED) is 0.638. The van der Waals surface area contributed by atoms with Crippen LogP contribution < -0.4 is 4.74 Å². The van der Waals surface area contributed by atoms with Crippen LogP contribution in [0.4, 0.5) is 0 Å². The van der Waals surface area contributed by atoms with Crippen LogP contribution in [0.1, 0.15) is 50.1 Å². The van der Waals surface area contributed by atoms with Gasteiger partial charge in [-0.1, -0.05) is 0 Å². The first-order valence-electron chi connectivity index (χ1n) is 9.58. The standard InChI is InChI=1S/C24H32O2/c1-12-13(2)15(4)22(16(5)14(12)3)23-17(6)19(8)24(20(9)18(23)7)26-11-21-10-25-21/h21H,10-11H2,1-9H3. The third-order valence-corrected chi connectivity index (χ3v) is 6.62. The highest BCUT2D eigenvalue weighted by molar-refractivity contribution is 5.82. The fourth-order valence-electron chi connectivity index (χ4n) is 4.09. The Morgan fingerprint density at radius 1 is 0.615 bits per heavy atom. The maximum Gasteiger partial charge on any atom is 0.125 e. The minimum atomic E-state index is 0.279. The van der Waals surface area contributed by atoms with Gasteiger partial charge in [-0.3, -0.25) is 0 Å². The third-order valence-electron chi connectivity index (χ3n) is 6.62. The molecule has 2 nitrogen and oxygen atoms in total. The van der Waals surface area contributed by atoms with Crippen molar-refractivity contribution in [1.82, 2.24) is 0 Å². The smallest absolute Gasteiger partial charge is 0.125 e. The molecule has 1 aliphatic rings. The molecule has 26 heavy (non-hydrogen) atoms. The van der Waals surface area contributed by atoms with Crippen LogP contribution in [0.3, 0.4) is 0 Å². The van der Waals surface area contributed by atoms with Crippen LogP contribution in [0, 0.1) is 62.3 Å². The van der Waals surface area contributed by atoms with E-state index in [-0.39, 0.29) is 6.10 Å². The Morgan fingerprint density at radius 2 is 0.962 bits per heavy atom. The lowest BCUT2D eigenvalue weighted by molar-refractivity contribution is 0.260. The molecule has 0 radical (unpaired) electrons. The van der Waals surface area contributed by atoms with Gasteiger partial charge in [0.2, 0.25) is 0 Å². The van der Waals surface area contributed by atoms with Crippen LogP contribution >= 0.6 is 0 Å². The Morgan fingerprint density at radius 3 is 1.35 bits per heavy atom. The maximum absolute atomic E-state index is 6.15. The van der Waals surface area contributed by atoms with E-state index in [0.29, 0.717) is 6.61 Å². The van der Waals surface area contributed by atoms with Crippen molar-refractivity contribution in [3.8, 4) is 16.9 Å². The lowest BCUT2D eigenvalue weighted by Crippen LogP contribution is -2.10. The molecule has 2 aromatic rings. The van der Waals surface area contributed by atoms with E-state index in [0.717, 1.165) is 12.4 Å². The normalized spacial score (nSPS) is 16.1. The summed E-state index contributed by atoms with van der Waals surface area (Å²) in [4.78, 5) is 0. The van der Waals surface area contributed by atoms with Gasteiger partial charge >= 0.3 is 0 Å². The van der Waals surface area contributed by atoms with Gasteiger partial charge in [-0.25, -0.2) is 0 Å². The van der Waals surface area contributed by atoms with E-state index in [1.54, 1.807) is 0 Å². The van der Waals surface area contributed by atoms with Gasteiger partial charge in [0.25, 0.3) is 0 Å². The van der Waals surface area contributed by atoms with Crippen LogP contribution in [0.5, 0.6) is 5.75 Å². The molecule has 0 bridgehead atoms. The summed E-state index contributed by atoms with van der Waals surface area (Å²) >= 11 is 0. The highest BCUT2D eigenvalue weighted by Crippen LogP contribution is 2.42. The summed E-state index contributed by atoms with van der Waals surface area (Å²) in [5, 5.41) is 0. The summed E-state index contributed by atoms with van der Waals surface area (Å²) in [5.74, 6) is 1.04. The van der Waals surface area contributed by atoms with Gasteiger partial charge in [0, 0.05) is 0 Å². The average molecular weight is 353 g/mol. The Bertz CT molecular complexity index is 828. The summed E-state index contributed by atoms with van der Waals surface area (Å²) in [6.45, 7) is 21.6. The summed E-state index contributed by atoms with van der Waals surface area (Å²) in [6.07, 6.45) is 0.279. The third kappa shape index (κ3) is 2.95. The molecule has 1 unspecified atom stereocenters. The van der Waals surface area contributed by atoms with E-state index in [2.05, 4.69) is 62.3 Å². The number of epoxide rings is 1. The van der Waals surface area contributed by atoms with Crippen LogP contribution in [0.15, 0.2) is 0 Å².